The molecule has 0 atom stereocenters. The second-order valence-corrected chi connectivity index (χ2v) is 8.36. The Hall–Kier alpha value is -1.48. The zero-order valence-electron chi connectivity index (χ0n) is 15.1. The van der Waals surface area contributed by atoms with Gasteiger partial charge in [0.2, 0.25) is 0 Å². The molecule has 0 saturated heterocycles. The Morgan fingerprint density at radius 2 is 1.21 bits per heavy atom. The van der Waals surface area contributed by atoms with Crippen molar-refractivity contribution in [3.63, 3.8) is 0 Å². The minimum Gasteiger partial charge on any atom is -0.483 e. The highest BCUT2D eigenvalue weighted by atomic mass is 79.9. The molecule has 0 saturated carbocycles. The summed E-state index contributed by atoms with van der Waals surface area (Å²) in [6.45, 7) is 0.592. The first-order valence-electron chi connectivity index (χ1n) is 8.54. The minimum atomic E-state index is -0.255. The van der Waals surface area contributed by atoms with Crippen LogP contribution in [-0.4, -0.2) is 38.1 Å². The van der Waals surface area contributed by atoms with Crippen molar-refractivity contribution in [1.29, 1.82) is 0 Å². The van der Waals surface area contributed by atoms with E-state index < -0.39 is 0 Å². The van der Waals surface area contributed by atoms with Crippen molar-refractivity contribution in [3.8, 4) is 11.5 Å². The van der Waals surface area contributed by atoms with Gasteiger partial charge in [-0.05, 0) is 74.7 Å². The van der Waals surface area contributed by atoms with Gasteiger partial charge in [0.25, 0.3) is 11.8 Å². The predicted molar refractivity (Wildman–Crippen MR) is 120 cm³/mol. The summed E-state index contributed by atoms with van der Waals surface area (Å²) in [5, 5.41) is 6.59. The molecule has 2 rings (SSSR count). The van der Waals surface area contributed by atoms with Crippen LogP contribution in [-0.2, 0) is 9.59 Å². The van der Waals surface area contributed by atoms with Crippen molar-refractivity contribution in [1.82, 2.24) is 10.6 Å². The predicted octanol–water partition coefficient (Wildman–Crippen LogP) is 4.60. The zero-order chi connectivity index (χ0) is 21.2. The maximum absolute atomic E-state index is 11.8. The molecule has 2 amide bonds. The van der Waals surface area contributed by atoms with Crippen LogP contribution in [0.2, 0.25) is 10.0 Å². The topological polar surface area (TPSA) is 76.7 Å². The molecule has 156 valence electrons. The normalized spacial score (nSPS) is 10.3. The molecule has 0 aliphatic carbocycles. The van der Waals surface area contributed by atoms with E-state index in [4.69, 9.17) is 32.7 Å². The minimum absolute atomic E-state index is 0.115. The van der Waals surface area contributed by atoms with Gasteiger partial charge in [-0.25, -0.2) is 0 Å². The van der Waals surface area contributed by atoms with Gasteiger partial charge in [-0.2, -0.15) is 0 Å². The molecule has 0 aromatic heterocycles. The number of benzene rings is 2. The fraction of sp³-hybridized carbons (Fsp3) is 0.263. The number of hydrogen-bond acceptors (Lipinski definition) is 4. The quantitative estimate of drug-likeness (QED) is 0.411. The molecule has 0 fully saturated rings. The van der Waals surface area contributed by atoms with Crippen LogP contribution in [0.3, 0.4) is 0 Å². The lowest BCUT2D eigenvalue weighted by atomic mass is 10.3. The lowest BCUT2D eigenvalue weighted by Crippen LogP contribution is -2.34. The molecule has 2 N–H and O–H groups in total. The van der Waals surface area contributed by atoms with Crippen LogP contribution in [0.5, 0.6) is 11.5 Å². The Labute approximate surface area is 195 Å². The molecule has 0 spiro atoms. The van der Waals surface area contributed by atoms with E-state index in [1.165, 1.54) is 0 Å². The summed E-state index contributed by atoms with van der Waals surface area (Å²) in [5.41, 5.74) is 0. The summed E-state index contributed by atoms with van der Waals surface area (Å²) in [6, 6.07) is 10.1. The number of carbonyl (C=O) groups is 2. The Bertz CT molecular complexity index is 799. The third-order valence-electron chi connectivity index (χ3n) is 3.50. The molecule has 0 unspecified atom stereocenters. The van der Waals surface area contributed by atoms with Crippen molar-refractivity contribution in [3.05, 3.63) is 55.4 Å². The highest BCUT2D eigenvalue weighted by molar-refractivity contribution is 9.10. The van der Waals surface area contributed by atoms with Gasteiger partial charge < -0.3 is 20.1 Å². The Balaban J connectivity index is 1.56. The molecule has 0 aliphatic rings. The van der Waals surface area contributed by atoms with Gasteiger partial charge in [0.05, 0.1) is 8.95 Å². The SMILES string of the molecule is O=C(COc1ccc(Cl)cc1Br)NCCCNC(=O)COc1ccc(Cl)cc1Br. The fourth-order valence-electron chi connectivity index (χ4n) is 2.12. The molecular formula is C19H18Br2Cl2N2O4. The van der Waals surface area contributed by atoms with Crippen molar-refractivity contribution in [2.75, 3.05) is 26.3 Å². The first-order valence-corrected chi connectivity index (χ1v) is 10.9. The molecule has 6 nitrogen and oxygen atoms in total. The van der Waals surface area contributed by atoms with Crippen molar-refractivity contribution in [2.45, 2.75) is 6.42 Å². The van der Waals surface area contributed by atoms with Gasteiger partial charge in [0, 0.05) is 23.1 Å². The van der Waals surface area contributed by atoms with Crippen molar-refractivity contribution < 1.29 is 19.1 Å². The van der Waals surface area contributed by atoms with Crippen molar-refractivity contribution >= 4 is 66.9 Å². The molecule has 0 bridgehead atoms. The molecule has 0 aliphatic heterocycles. The number of carbonyl (C=O) groups excluding carboxylic acids is 2. The average molecular weight is 569 g/mol. The average Bonchev–Trinajstić information content (AvgIpc) is 2.66. The van der Waals surface area contributed by atoms with E-state index in [0.717, 1.165) is 0 Å². The van der Waals surface area contributed by atoms with Gasteiger partial charge in [-0.15, -0.1) is 0 Å². The van der Waals surface area contributed by atoms with E-state index in [1.807, 2.05) is 0 Å². The van der Waals surface area contributed by atoms with E-state index in [2.05, 4.69) is 42.5 Å². The van der Waals surface area contributed by atoms with Crippen molar-refractivity contribution in [2.24, 2.45) is 0 Å². The third kappa shape index (κ3) is 8.82. The van der Waals surface area contributed by atoms with Crippen LogP contribution >= 0.6 is 55.1 Å². The molecule has 2 aromatic rings. The van der Waals surface area contributed by atoms with Crippen LogP contribution in [0.15, 0.2) is 45.3 Å². The van der Waals surface area contributed by atoms with Crippen LogP contribution in [0, 0.1) is 0 Å². The number of rotatable bonds is 10. The Morgan fingerprint density at radius 3 is 1.59 bits per heavy atom. The van der Waals surface area contributed by atoms with E-state index in [1.54, 1.807) is 36.4 Å². The van der Waals surface area contributed by atoms with Crippen LogP contribution in [0.25, 0.3) is 0 Å². The van der Waals surface area contributed by atoms with E-state index >= 15 is 0 Å². The Morgan fingerprint density at radius 1 is 0.793 bits per heavy atom. The lowest BCUT2D eigenvalue weighted by molar-refractivity contribution is -0.123. The van der Waals surface area contributed by atoms with Gasteiger partial charge in [0.15, 0.2) is 13.2 Å². The fourth-order valence-corrected chi connectivity index (χ4v) is 3.71. The van der Waals surface area contributed by atoms with E-state index in [-0.39, 0.29) is 25.0 Å². The summed E-state index contributed by atoms with van der Waals surface area (Å²) in [6.07, 6.45) is 0.576. The summed E-state index contributed by atoms with van der Waals surface area (Å²) < 4.78 is 12.2. The maximum atomic E-state index is 11.8. The van der Waals surface area contributed by atoms with Gasteiger partial charge in [0.1, 0.15) is 11.5 Å². The van der Waals surface area contributed by atoms with Gasteiger partial charge >= 0.3 is 0 Å². The number of ether oxygens (including phenoxy) is 2. The largest absolute Gasteiger partial charge is 0.483 e. The second-order valence-electron chi connectivity index (χ2n) is 5.78. The maximum Gasteiger partial charge on any atom is 0.257 e. The van der Waals surface area contributed by atoms with E-state index in [9.17, 15) is 9.59 Å². The van der Waals surface area contributed by atoms with Crippen LogP contribution in [0.4, 0.5) is 0 Å². The molecule has 2 aromatic carbocycles. The summed E-state index contributed by atoms with van der Waals surface area (Å²) in [4.78, 5) is 23.6. The standard InChI is InChI=1S/C19H18Br2Cl2N2O4/c20-14-8-12(22)2-4-16(14)28-10-18(26)24-6-1-7-25-19(27)11-29-17-5-3-13(23)9-15(17)21/h2-5,8-9H,1,6-7,10-11H2,(H,24,26)(H,25,27). The van der Waals surface area contributed by atoms with Gasteiger partial charge in [-0.1, -0.05) is 23.2 Å². The number of nitrogens with one attached hydrogen (secondary N) is 2. The zero-order valence-corrected chi connectivity index (χ0v) is 19.8. The summed E-state index contributed by atoms with van der Waals surface area (Å²) in [7, 11) is 0. The molecule has 0 heterocycles. The lowest BCUT2D eigenvalue weighted by Gasteiger charge is -2.10. The highest BCUT2D eigenvalue weighted by Gasteiger charge is 2.07. The molecule has 10 heteroatoms. The molecular weight excluding hydrogens is 551 g/mol. The highest BCUT2D eigenvalue weighted by Crippen LogP contribution is 2.28. The van der Waals surface area contributed by atoms with E-state index in [0.29, 0.717) is 50.0 Å². The van der Waals surface area contributed by atoms with Crippen LogP contribution in [0.1, 0.15) is 6.42 Å². The summed E-state index contributed by atoms with van der Waals surface area (Å²) >= 11 is 18.3. The van der Waals surface area contributed by atoms with Crippen LogP contribution < -0.4 is 20.1 Å². The number of amides is 2. The monoisotopic (exact) mass is 566 g/mol. The summed E-state index contributed by atoms with van der Waals surface area (Å²) in [5.74, 6) is 0.552. The number of halogens is 4. The first kappa shape index (κ1) is 23.8. The first-order chi connectivity index (χ1) is 13.8. The Kier molecular flexibility index (Phi) is 10.1. The van der Waals surface area contributed by atoms with Gasteiger partial charge in [-0.3, -0.25) is 9.59 Å². The smallest absolute Gasteiger partial charge is 0.257 e. The molecule has 29 heavy (non-hydrogen) atoms. The second kappa shape index (κ2) is 12.3. The molecule has 0 radical (unpaired) electrons. The number of hydrogen-bond donors (Lipinski definition) is 2. The third-order valence-corrected chi connectivity index (χ3v) is 5.21.